The maximum atomic E-state index is 12.7. The van der Waals surface area contributed by atoms with Crippen molar-refractivity contribution in [3.63, 3.8) is 0 Å². The molecule has 1 saturated carbocycles. The number of hydrogen-bond donors (Lipinski definition) is 0. The van der Waals surface area contributed by atoms with Crippen LogP contribution in [0, 0.1) is 0 Å². The van der Waals surface area contributed by atoms with Gasteiger partial charge in [-0.25, -0.2) is 4.98 Å². The third-order valence-corrected chi connectivity index (χ3v) is 4.74. The Labute approximate surface area is 122 Å². The molecule has 2 heterocycles. The molecule has 0 aliphatic heterocycles. The molecule has 0 radical (unpaired) electrons. The van der Waals surface area contributed by atoms with Crippen LogP contribution in [-0.4, -0.2) is 21.8 Å². The molecule has 0 saturated heterocycles. The average Bonchev–Trinajstić information content (AvgIpc) is 3.00. The molecule has 0 aromatic carbocycles. The average molecular weight is 290 g/mol. The lowest BCUT2D eigenvalue weighted by atomic mass is 10.2. The van der Waals surface area contributed by atoms with Gasteiger partial charge in [0.25, 0.3) is 5.91 Å². The molecule has 4 nitrogen and oxygen atoms in total. The van der Waals surface area contributed by atoms with Crippen LogP contribution >= 0.6 is 11.3 Å². The van der Waals surface area contributed by atoms with E-state index in [2.05, 4.69) is 11.9 Å². The first-order chi connectivity index (χ1) is 9.70. The van der Waals surface area contributed by atoms with Gasteiger partial charge in [0.2, 0.25) is 0 Å². The summed E-state index contributed by atoms with van der Waals surface area (Å²) in [4.78, 5) is 19.7. The molecule has 2 aromatic rings. The minimum Gasteiger partial charge on any atom is -0.467 e. The molecular weight excluding hydrogens is 272 g/mol. The van der Waals surface area contributed by atoms with E-state index in [4.69, 9.17) is 4.42 Å². The van der Waals surface area contributed by atoms with Crippen molar-refractivity contribution in [3.8, 4) is 0 Å². The van der Waals surface area contributed by atoms with Crippen molar-refractivity contribution in [3.05, 3.63) is 40.2 Å². The van der Waals surface area contributed by atoms with Gasteiger partial charge in [0.15, 0.2) is 0 Å². The summed E-state index contributed by atoms with van der Waals surface area (Å²) in [5.74, 6) is 0.916. The number of nitrogens with zero attached hydrogens (tertiary/aromatic N) is 2. The van der Waals surface area contributed by atoms with E-state index in [9.17, 15) is 4.79 Å². The van der Waals surface area contributed by atoms with Crippen molar-refractivity contribution in [2.45, 2.75) is 45.2 Å². The van der Waals surface area contributed by atoms with Crippen molar-refractivity contribution in [2.24, 2.45) is 0 Å². The molecule has 1 atom stereocenters. The smallest absolute Gasteiger partial charge is 0.266 e. The molecule has 0 N–H and O–H groups in total. The second kappa shape index (κ2) is 5.40. The zero-order valence-corrected chi connectivity index (χ0v) is 12.5. The zero-order valence-electron chi connectivity index (χ0n) is 11.7. The molecular formula is C15H18N2O2S. The molecule has 1 fully saturated rings. The van der Waals surface area contributed by atoms with Crippen LogP contribution in [0.3, 0.4) is 0 Å². The van der Waals surface area contributed by atoms with Crippen LogP contribution in [0.5, 0.6) is 0 Å². The highest BCUT2D eigenvalue weighted by Crippen LogP contribution is 2.36. The van der Waals surface area contributed by atoms with Crippen molar-refractivity contribution in [1.82, 2.24) is 9.88 Å². The molecule has 0 bridgehead atoms. The molecule has 0 spiro atoms. The summed E-state index contributed by atoms with van der Waals surface area (Å²) in [6.45, 7) is 4.08. The molecule has 0 unspecified atom stereocenters. The lowest BCUT2D eigenvalue weighted by molar-refractivity contribution is 0.0657. The summed E-state index contributed by atoms with van der Waals surface area (Å²) in [6.07, 6.45) is 6.39. The normalized spacial score (nSPS) is 16.1. The van der Waals surface area contributed by atoms with E-state index in [1.165, 1.54) is 11.3 Å². The van der Waals surface area contributed by atoms with Gasteiger partial charge in [-0.2, -0.15) is 0 Å². The maximum Gasteiger partial charge on any atom is 0.266 e. The largest absolute Gasteiger partial charge is 0.467 e. The Morgan fingerprint density at radius 2 is 2.40 bits per heavy atom. The predicted molar refractivity (Wildman–Crippen MR) is 77.8 cm³/mol. The molecule has 1 amide bonds. The third-order valence-electron chi connectivity index (χ3n) is 3.61. The zero-order chi connectivity index (χ0) is 14.1. The van der Waals surface area contributed by atoms with Crippen LogP contribution in [0.15, 0.2) is 29.0 Å². The molecule has 20 heavy (non-hydrogen) atoms. The van der Waals surface area contributed by atoms with Gasteiger partial charge in [0.05, 0.1) is 23.5 Å². The molecule has 106 valence electrons. The fourth-order valence-corrected chi connectivity index (χ4v) is 3.18. The minimum absolute atomic E-state index is 0.0304. The summed E-state index contributed by atoms with van der Waals surface area (Å²) in [5, 5.41) is 1.01. The number of aryl methyl sites for hydroxylation is 1. The van der Waals surface area contributed by atoms with Crippen LogP contribution in [0.25, 0.3) is 0 Å². The standard InChI is InChI=1S/C15H18N2O2S/c1-3-14-16-9-13(20-14)15(18)17(11-6-7-11)10(2)12-5-4-8-19-12/h4-5,8-11H,3,6-7H2,1-2H3/t10-/m0/s1. The van der Waals surface area contributed by atoms with E-state index >= 15 is 0 Å². The first kappa shape index (κ1) is 13.4. The Morgan fingerprint density at radius 3 is 2.95 bits per heavy atom. The van der Waals surface area contributed by atoms with Crippen LogP contribution in [0.4, 0.5) is 0 Å². The summed E-state index contributed by atoms with van der Waals surface area (Å²) in [5.41, 5.74) is 0. The van der Waals surface area contributed by atoms with Gasteiger partial charge >= 0.3 is 0 Å². The van der Waals surface area contributed by atoms with Gasteiger partial charge in [-0.3, -0.25) is 4.79 Å². The quantitative estimate of drug-likeness (QED) is 0.844. The van der Waals surface area contributed by atoms with Gasteiger partial charge in [0.1, 0.15) is 10.6 Å². The second-order valence-corrected chi connectivity index (χ2v) is 6.22. The lowest BCUT2D eigenvalue weighted by Crippen LogP contribution is -2.35. The van der Waals surface area contributed by atoms with Crippen LogP contribution in [0.2, 0.25) is 0 Å². The van der Waals surface area contributed by atoms with Crippen molar-refractivity contribution in [2.75, 3.05) is 0 Å². The van der Waals surface area contributed by atoms with Gasteiger partial charge in [0, 0.05) is 6.04 Å². The van der Waals surface area contributed by atoms with E-state index in [0.29, 0.717) is 6.04 Å². The van der Waals surface area contributed by atoms with E-state index in [-0.39, 0.29) is 11.9 Å². The van der Waals surface area contributed by atoms with Crippen LogP contribution in [-0.2, 0) is 6.42 Å². The second-order valence-electron chi connectivity index (χ2n) is 5.11. The Hall–Kier alpha value is -1.62. The fourth-order valence-electron chi connectivity index (χ4n) is 2.38. The molecule has 5 heteroatoms. The number of hydrogen-bond acceptors (Lipinski definition) is 4. The van der Waals surface area contributed by atoms with Crippen LogP contribution in [0.1, 0.15) is 53.2 Å². The summed E-state index contributed by atoms with van der Waals surface area (Å²) in [6, 6.07) is 4.10. The van der Waals surface area contributed by atoms with Crippen LogP contribution < -0.4 is 0 Å². The summed E-state index contributed by atoms with van der Waals surface area (Å²) in [7, 11) is 0. The Bertz CT molecular complexity index is 587. The molecule has 2 aromatic heterocycles. The highest BCUT2D eigenvalue weighted by molar-refractivity contribution is 7.13. The number of carbonyl (C=O) groups excluding carboxylic acids is 1. The highest BCUT2D eigenvalue weighted by Gasteiger charge is 2.38. The van der Waals surface area contributed by atoms with E-state index < -0.39 is 0 Å². The van der Waals surface area contributed by atoms with Crippen molar-refractivity contribution in [1.29, 1.82) is 0 Å². The number of carbonyl (C=O) groups is 1. The lowest BCUT2D eigenvalue weighted by Gasteiger charge is -2.27. The van der Waals surface area contributed by atoms with Gasteiger partial charge in [-0.05, 0) is 38.3 Å². The van der Waals surface area contributed by atoms with E-state index in [0.717, 1.165) is 34.9 Å². The maximum absolute atomic E-state index is 12.7. The van der Waals surface area contributed by atoms with E-state index in [1.54, 1.807) is 12.5 Å². The predicted octanol–water partition coefficient (Wildman–Crippen LogP) is 3.66. The molecule has 3 rings (SSSR count). The monoisotopic (exact) mass is 290 g/mol. The van der Waals surface area contributed by atoms with Crippen molar-refractivity contribution >= 4 is 17.2 Å². The summed E-state index contributed by atoms with van der Waals surface area (Å²) >= 11 is 1.50. The van der Waals surface area contributed by atoms with E-state index in [1.807, 2.05) is 24.0 Å². The third kappa shape index (κ3) is 2.50. The number of rotatable bonds is 5. The SMILES string of the molecule is CCc1ncc(C(=O)N(C2CC2)[C@@H](C)c2ccco2)s1. The highest BCUT2D eigenvalue weighted by atomic mass is 32.1. The number of amides is 1. The number of aromatic nitrogens is 1. The van der Waals surface area contributed by atoms with Gasteiger partial charge in [-0.15, -0.1) is 11.3 Å². The number of furan rings is 1. The first-order valence-electron chi connectivity index (χ1n) is 7.01. The Balaban J connectivity index is 1.85. The topological polar surface area (TPSA) is 46.3 Å². The molecule has 1 aliphatic rings. The fraction of sp³-hybridized carbons (Fsp3) is 0.467. The summed E-state index contributed by atoms with van der Waals surface area (Å²) < 4.78 is 5.46. The molecule has 1 aliphatic carbocycles. The minimum atomic E-state index is -0.0304. The van der Waals surface area contributed by atoms with Crippen molar-refractivity contribution < 1.29 is 9.21 Å². The van der Waals surface area contributed by atoms with Gasteiger partial charge < -0.3 is 9.32 Å². The first-order valence-corrected chi connectivity index (χ1v) is 7.83. The Morgan fingerprint density at radius 1 is 1.60 bits per heavy atom. The number of thiazole rings is 1. The Kier molecular flexibility index (Phi) is 3.61. The van der Waals surface area contributed by atoms with Gasteiger partial charge in [-0.1, -0.05) is 6.92 Å².